The number of anilines is 1. The van der Waals surface area contributed by atoms with Gasteiger partial charge in [-0.3, -0.25) is 13.6 Å². The van der Waals surface area contributed by atoms with Gasteiger partial charge in [0.15, 0.2) is 0 Å². The van der Waals surface area contributed by atoms with Gasteiger partial charge in [0.25, 0.3) is 0 Å². The van der Waals surface area contributed by atoms with Gasteiger partial charge in [0, 0.05) is 18.5 Å². The van der Waals surface area contributed by atoms with Crippen molar-refractivity contribution in [1.29, 1.82) is 0 Å². The molecule has 0 bridgehead atoms. The third-order valence-electron chi connectivity index (χ3n) is 6.36. The van der Waals surface area contributed by atoms with Crippen LogP contribution in [0.4, 0.5) is 5.82 Å². The lowest BCUT2D eigenvalue weighted by Crippen LogP contribution is -2.34. The van der Waals surface area contributed by atoms with Crippen LogP contribution in [0.1, 0.15) is 45.1 Å². The smallest absolute Gasteiger partial charge is 0.390 e. The zero-order valence-corrected chi connectivity index (χ0v) is 20.2. The number of hydrogen-bond acceptors (Lipinski definition) is 9. The molecule has 10 nitrogen and oxygen atoms in total. The molecule has 5 rings (SSSR count). The Bertz CT molecular complexity index is 1220. The number of aromatic nitrogens is 3. The van der Waals surface area contributed by atoms with Gasteiger partial charge in [0.1, 0.15) is 30.1 Å². The van der Waals surface area contributed by atoms with Crippen LogP contribution in [0.15, 0.2) is 48.9 Å². The van der Waals surface area contributed by atoms with Crippen LogP contribution in [0.2, 0.25) is 0 Å². The van der Waals surface area contributed by atoms with E-state index >= 15 is 0 Å². The van der Waals surface area contributed by atoms with E-state index in [2.05, 4.69) is 9.97 Å². The Morgan fingerprint density at radius 3 is 2.79 bits per heavy atom. The van der Waals surface area contributed by atoms with E-state index in [1.54, 1.807) is 6.20 Å². The maximum atomic E-state index is 13.5. The van der Waals surface area contributed by atoms with Crippen molar-refractivity contribution in [2.24, 2.45) is 5.92 Å². The van der Waals surface area contributed by atoms with Crippen molar-refractivity contribution in [2.75, 3.05) is 12.3 Å². The quantitative estimate of drug-likeness (QED) is 0.512. The molecule has 3 N–H and O–H groups in total. The fourth-order valence-electron chi connectivity index (χ4n) is 4.61. The highest BCUT2D eigenvalue weighted by Gasteiger charge is 2.48. The summed E-state index contributed by atoms with van der Waals surface area (Å²) in [5.74, 6) is 0.0816. The molecule has 0 radical (unpaired) electrons. The van der Waals surface area contributed by atoms with Gasteiger partial charge in [-0.15, -0.1) is 0 Å². The first-order chi connectivity index (χ1) is 16.2. The molecule has 6 atom stereocenters. The molecule has 182 valence electrons. The highest BCUT2D eigenvalue weighted by molar-refractivity contribution is 7.48. The van der Waals surface area contributed by atoms with E-state index < -0.39 is 38.0 Å². The molecule has 4 heterocycles. The largest absolute Gasteiger partial charge is 0.476 e. The van der Waals surface area contributed by atoms with Crippen LogP contribution >= 0.6 is 7.82 Å². The zero-order valence-electron chi connectivity index (χ0n) is 19.3. The Kier molecular flexibility index (Phi) is 6.00. The second-order valence-electron chi connectivity index (χ2n) is 9.44. The number of aliphatic hydroxyl groups excluding tert-OH is 1. The number of phosphoric ester groups is 1. The Morgan fingerprint density at radius 1 is 1.26 bits per heavy atom. The maximum absolute atomic E-state index is 13.5. The molecular formula is C23H29N4O6P. The number of fused-ring (bicyclic) bond motifs is 1. The van der Waals surface area contributed by atoms with E-state index in [-0.39, 0.29) is 12.5 Å². The van der Waals surface area contributed by atoms with Crippen molar-refractivity contribution in [1.82, 2.24) is 14.5 Å². The molecule has 0 saturated carbocycles. The second-order valence-corrected chi connectivity index (χ2v) is 11.0. The fourth-order valence-corrected chi connectivity index (χ4v) is 6.29. The van der Waals surface area contributed by atoms with E-state index in [0.717, 1.165) is 5.56 Å². The van der Waals surface area contributed by atoms with Crippen molar-refractivity contribution in [3.63, 3.8) is 0 Å². The third kappa shape index (κ3) is 4.37. The summed E-state index contributed by atoms with van der Waals surface area (Å²) < 4.78 is 38.7. The van der Waals surface area contributed by atoms with Gasteiger partial charge in [0.05, 0.1) is 29.8 Å². The minimum Gasteiger partial charge on any atom is -0.390 e. The van der Waals surface area contributed by atoms with Crippen molar-refractivity contribution in [3.8, 4) is 0 Å². The van der Waals surface area contributed by atoms with E-state index in [1.807, 2.05) is 61.7 Å². The minimum atomic E-state index is -3.92. The molecule has 11 heteroatoms. The minimum absolute atomic E-state index is 0.160. The number of nitrogens with zero attached hydrogens (tertiary/aromatic N) is 3. The topological polar surface area (TPSA) is 131 Å². The monoisotopic (exact) mass is 488 g/mol. The number of aliphatic hydroxyl groups is 1. The zero-order chi connectivity index (χ0) is 24.1. The predicted octanol–water partition coefficient (Wildman–Crippen LogP) is 3.99. The predicted molar refractivity (Wildman–Crippen MR) is 125 cm³/mol. The van der Waals surface area contributed by atoms with Crippen LogP contribution < -0.4 is 5.73 Å². The number of benzene rings is 1. The molecule has 34 heavy (non-hydrogen) atoms. The number of rotatable bonds is 5. The van der Waals surface area contributed by atoms with E-state index in [1.165, 1.54) is 6.33 Å². The molecular weight excluding hydrogens is 459 g/mol. The Balaban J connectivity index is 1.31. The summed E-state index contributed by atoms with van der Waals surface area (Å²) >= 11 is 0. The van der Waals surface area contributed by atoms with Gasteiger partial charge in [-0.2, -0.15) is 0 Å². The normalized spacial score (nSPS) is 33.4. The number of hydrogen-bond donors (Lipinski definition) is 2. The number of nitrogen functional groups attached to an aromatic ring is 1. The summed E-state index contributed by atoms with van der Waals surface area (Å²) in [5.41, 5.74) is 6.73. The average molecular weight is 488 g/mol. The number of nitrogens with two attached hydrogens (primary N) is 1. The molecule has 2 fully saturated rings. The highest BCUT2D eigenvalue weighted by Crippen LogP contribution is 2.61. The van der Waals surface area contributed by atoms with Crippen LogP contribution in [0.3, 0.4) is 0 Å². The second kappa shape index (κ2) is 8.71. The molecule has 0 aliphatic carbocycles. The molecule has 3 aromatic rings. The van der Waals surface area contributed by atoms with Gasteiger partial charge in [-0.1, -0.05) is 37.3 Å². The summed E-state index contributed by atoms with van der Waals surface area (Å²) in [6.07, 6.45) is 1.16. The fraction of sp³-hybridized carbons (Fsp3) is 0.478. The Hall–Kier alpha value is -2.33. The lowest BCUT2D eigenvalue weighted by atomic mass is 9.96. The van der Waals surface area contributed by atoms with E-state index in [4.69, 9.17) is 24.0 Å². The van der Waals surface area contributed by atoms with Crippen molar-refractivity contribution >= 4 is 24.7 Å². The van der Waals surface area contributed by atoms with Gasteiger partial charge < -0.3 is 20.1 Å². The number of phosphoric acid groups is 1. The summed E-state index contributed by atoms with van der Waals surface area (Å²) in [7, 11) is -3.92. The molecule has 2 aromatic heterocycles. The van der Waals surface area contributed by atoms with Gasteiger partial charge >= 0.3 is 7.82 Å². The SMILES string of the molecule is C[C@H]1[C@H](O)[C@@H](COP2(=O)O[C@@H](c3ccccc3)CC(C)(C)O2)O[C@H]1n1ccc2c(N)ncnc21. The van der Waals surface area contributed by atoms with E-state index in [0.29, 0.717) is 23.3 Å². The summed E-state index contributed by atoms with van der Waals surface area (Å²) in [5, 5.41) is 11.6. The van der Waals surface area contributed by atoms with E-state index in [9.17, 15) is 9.67 Å². The van der Waals surface area contributed by atoms with Crippen LogP contribution in [-0.2, 0) is 22.9 Å². The summed E-state index contributed by atoms with van der Waals surface area (Å²) in [4.78, 5) is 8.32. The van der Waals surface area contributed by atoms with Crippen LogP contribution in [0.25, 0.3) is 11.0 Å². The highest BCUT2D eigenvalue weighted by atomic mass is 31.2. The van der Waals surface area contributed by atoms with Crippen LogP contribution in [-0.4, -0.2) is 44.1 Å². The van der Waals surface area contributed by atoms with Crippen molar-refractivity contribution in [2.45, 2.75) is 57.3 Å². The first kappa shape index (κ1) is 23.4. The molecule has 1 aromatic carbocycles. The molecule has 0 spiro atoms. The van der Waals surface area contributed by atoms with Crippen LogP contribution in [0.5, 0.6) is 0 Å². The standard InChI is InChI=1S/C23H29N4O6P/c1-14-19(28)18(31-22(14)27-10-9-16-20(24)25-13-26-21(16)27)12-30-34(29)32-17(11-23(2,3)33-34)15-7-5-4-6-8-15/h4-10,13-14,17-19,22,28H,11-12H2,1-3H3,(H2,24,25,26)/t14-,17+,18+,19-,22+,34?/m0/s1. The Morgan fingerprint density at radius 2 is 2.03 bits per heavy atom. The molecule has 0 amide bonds. The van der Waals surface area contributed by atoms with Gasteiger partial charge in [-0.25, -0.2) is 14.5 Å². The molecule has 2 aliphatic heterocycles. The number of ether oxygens (including phenoxy) is 1. The Labute approximate surface area is 197 Å². The first-order valence-electron chi connectivity index (χ1n) is 11.2. The summed E-state index contributed by atoms with van der Waals surface area (Å²) in [6.45, 7) is 5.42. The van der Waals surface area contributed by atoms with Gasteiger partial charge in [0.2, 0.25) is 0 Å². The van der Waals surface area contributed by atoms with Crippen molar-refractivity contribution < 1.29 is 28.0 Å². The molecule has 2 saturated heterocycles. The first-order valence-corrected chi connectivity index (χ1v) is 12.7. The average Bonchev–Trinajstić information content (AvgIpc) is 3.34. The third-order valence-corrected chi connectivity index (χ3v) is 8.05. The lowest BCUT2D eigenvalue weighted by molar-refractivity contribution is -0.0788. The van der Waals surface area contributed by atoms with Crippen LogP contribution in [0, 0.1) is 5.92 Å². The molecule has 2 aliphatic rings. The van der Waals surface area contributed by atoms with Crippen molar-refractivity contribution in [3.05, 3.63) is 54.5 Å². The van der Waals surface area contributed by atoms with Gasteiger partial charge in [-0.05, 0) is 25.5 Å². The lowest BCUT2D eigenvalue weighted by Gasteiger charge is -2.39. The maximum Gasteiger partial charge on any atom is 0.476 e. The summed E-state index contributed by atoms with van der Waals surface area (Å²) in [6, 6.07) is 11.4. The molecule has 1 unspecified atom stereocenters.